The van der Waals surface area contributed by atoms with Crippen molar-refractivity contribution < 1.29 is 14.3 Å². The molecule has 0 atom stereocenters. The molecule has 0 saturated heterocycles. The molecule has 2 aromatic heterocycles. The molecule has 1 amide bonds. The fourth-order valence-electron chi connectivity index (χ4n) is 2.72. The zero-order valence-electron chi connectivity index (χ0n) is 16.7. The molecule has 7 nitrogen and oxygen atoms in total. The van der Waals surface area contributed by atoms with Crippen molar-refractivity contribution >= 4 is 23.4 Å². The number of methoxy groups -OCH3 is 1. The number of anilines is 1. The summed E-state index contributed by atoms with van der Waals surface area (Å²) in [6, 6.07) is 9.66. The van der Waals surface area contributed by atoms with Gasteiger partial charge in [0.15, 0.2) is 5.16 Å². The number of nitrogens with one attached hydrogen (secondary N) is 1. The van der Waals surface area contributed by atoms with Crippen LogP contribution >= 0.6 is 11.8 Å². The van der Waals surface area contributed by atoms with E-state index < -0.39 is 0 Å². The van der Waals surface area contributed by atoms with Crippen LogP contribution in [0, 0.1) is 13.8 Å². The molecule has 1 aromatic carbocycles. The summed E-state index contributed by atoms with van der Waals surface area (Å²) in [5.74, 6) is 0.434. The first kappa shape index (κ1) is 20.9. The Morgan fingerprint density at radius 2 is 2.00 bits per heavy atom. The number of hydrogen-bond acceptors (Lipinski definition) is 6. The molecular weight excluding hydrogens is 388 g/mol. The van der Waals surface area contributed by atoms with Crippen molar-refractivity contribution in [2.75, 3.05) is 31.4 Å². The third kappa shape index (κ3) is 5.36. The lowest BCUT2D eigenvalue weighted by Crippen LogP contribution is -2.16. The van der Waals surface area contributed by atoms with Gasteiger partial charge in [-0.25, -0.2) is 9.97 Å². The van der Waals surface area contributed by atoms with E-state index in [0.29, 0.717) is 24.8 Å². The van der Waals surface area contributed by atoms with Gasteiger partial charge in [-0.2, -0.15) is 0 Å². The Labute approximate surface area is 174 Å². The van der Waals surface area contributed by atoms with E-state index in [1.807, 2.05) is 22.9 Å². The highest BCUT2D eigenvalue weighted by molar-refractivity contribution is 7.99. The largest absolute Gasteiger partial charge is 0.474 e. The zero-order chi connectivity index (χ0) is 20.6. The number of carbonyl (C=O) groups excluding carboxylic acids is 1. The lowest BCUT2D eigenvalue weighted by Gasteiger charge is -2.13. The first-order chi connectivity index (χ1) is 14.1. The second kappa shape index (κ2) is 10.1. The number of benzene rings is 1. The standard InChI is InChI=1S/C21H24N4O3S/c1-15-6-4-8-18(16(15)2)25-11-10-23-21(25)29-14-19(26)24-17-7-5-9-22-20(17)28-13-12-27-3/h4-11H,12-14H2,1-3H3,(H,24,26). The molecule has 29 heavy (non-hydrogen) atoms. The number of thioether (sulfide) groups is 1. The Morgan fingerprint density at radius 1 is 1.14 bits per heavy atom. The summed E-state index contributed by atoms with van der Waals surface area (Å²) in [5, 5.41) is 3.62. The molecule has 8 heteroatoms. The van der Waals surface area contributed by atoms with Crippen molar-refractivity contribution in [3.8, 4) is 11.6 Å². The van der Waals surface area contributed by atoms with Crippen LogP contribution in [-0.4, -0.2) is 46.5 Å². The maximum absolute atomic E-state index is 12.5. The van der Waals surface area contributed by atoms with Crippen LogP contribution in [0.2, 0.25) is 0 Å². The minimum absolute atomic E-state index is 0.157. The van der Waals surface area contributed by atoms with Gasteiger partial charge in [0.05, 0.1) is 18.0 Å². The molecular formula is C21H24N4O3S. The third-order valence-corrected chi connectivity index (χ3v) is 5.31. The maximum atomic E-state index is 12.5. The molecule has 0 aliphatic heterocycles. The molecule has 3 aromatic rings. The molecule has 0 aliphatic rings. The zero-order valence-corrected chi connectivity index (χ0v) is 17.5. The number of amides is 1. The van der Waals surface area contributed by atoms with Gasteiger partial charge >= 0.3 is 0 Å². The van der Waals surface area contributed by atoms with E-state index >= 15 is 0 Å². The highest BCUT2D eigenvalue weighted by Gasteiger charge is 2.13. The monoisotopic (exact) mass is 412 g/mol. The minimum atomic E-state index is -0.157. The number of pyridine rings is 1. The van der Waals surface area contributed by atoms with Crippen molar-refractivity contribution in [1.82, 2.24) is 14.5 Å². The van der Waals surface area contributed by atoms with Crippen LogP contribution in [0.4, 0.5) is 5.69 Å². The number of imidazole rings is 1. The van der Waals surface area contributed by atoms with E-state index in [1.54, 1.807) is 31.6 Å². The van der Waals surface area contributed by atoms with Crippen LogP contribution in [0.1, 0.15) is 11.1 Å². The summed E-state index contributed by atoms with van der Waals surface area (Å²) in [5.41, 5.74) is 3.99. The topological polar surface area (TPSA) is 78.3 Å². The number of rotatable bonds is 9. The van der Waals surface area contributed by atoms with Gasteiger partial charge in [0.1, 0.15) is 12.3 Å². The van der Waals surface area contributed by atoms with Gasteiger partial charge in [0, 0.05) is 25.7 Å². The number of aromatic nitrogens is 3. The highest BCUT2D eigenvalue weighted by atomic mass is 32.2. The number of nitrogens with zero attached hydrogens (tertiary/aromatic N) is 3. The summed E-state index contributed by atoms with van der Waals surface area (Å²) in [4.78, 5) is 21.1. The first-order valence-electron chi connectivity index (χ1n) is 9.19. The Balaban J connectivity index is 1.64. The molecule has 152 valence electrons. The molecule has 0 saturated carbocycles. The fourth-order valence-corrected chi connectivity index (χ4v) is 3.48. The first-order valence-corrected chi connectivity index (χ1v) is 10.2. The Morgan fingerprint density at radius 3 is 2.83 bits per heavy atom. The van der Waals surface area contributed by atoms with Gasteiger partial charge in [-0.3, -0.25) is 9.36 Å². The van der Waals surface area contributed by atoms with Crippen molar-refractivity contribution in [1.29, 1.82) is 0 Å². The molecule has 3 rings (SSSR count). The van der Waals surface area contributed by atoms with Crippen molar-refractivity contribution in [3.05, 3.63) is 60.0 Å². The second-order valence-corrected chi connectivity index (χ2v) is 7.28. The van der Waals surface area contributed by atoms with Crippen molar-refractivity contribution in [2.24, 2.45) is 0 Å². The van der Waals surface area contributed by atoms with Gasteiger partial charge in [0.25, 0.3) is 0 Å². The molecule has 0 spiro atoms. The van der Waals surface area contributed by atoms with Gasteiger partial charge in [-0.15, -0.1) is 0 Å². The Hall–Kier alpha value is -2.84. The van der Waals surface area contributed by atoms with E-state index in [0.717, 1.165) is 10.8 Å². The highest BCUT2D eigenvalue weighted by Crippen LogP contribution is 2.25. The number of carbonyl (C=O) groups is 1. The van der Waals surface area contributed by atoms with E-state index in [9.17, 15) is 4.79 Å². The van der Waals surface area contributed by atoms with Crippen LogP contribution < -0.4 is 10.1 Å². The van der Waals surface area contributed by atoms with Gasteiger partial charge in [-0.05, 0) is 43.2 Å². The van der Waals surface area contributed by atoms with E-state index in [-0.39, 0.29) is 11.7 Å². The third-order valence-electron chi connectivity index (χ3n) is 4.35. The Bertz CT molecular complexity index is 974. The molecule has 0 radical (unpaired) electrons. The minimum Gasteiger partial charge on any atom is -0.474 e. The number of hydrogen-bond donors (Lipinski definition) is 1. The SMILES string of the molecule is COCCOc1ncccc1NC(=O)CSc1nccn1-c1cccc(C)c1C. The lowest BCUT2D eigenvalue weighted by molar-refractivity contribution is -0.113. The Kier molecular flexibility index (Phi) is 7.26. The number of ether oxygens (including phenoxy) is 2. The van der Waals surface area contributed by atoms with Crippen molar-refractivity contribution in [2.45, 2.75) is 19.0 Å². The summed E-state index contributed by atoms with van der Waals surface area (Å²) >= 11 is 1.38. The fraction of sp³-hybridized carbons (Fsp3) is 0.286. The summed E-state index contributed by atoms with van der Waals surface area (Å²) < 4.78 is 12.5. The molecule has 2 heterocycles. The van der Waals surface area contributed by atoms with Gasteiger partial charge in [0.2, 0.25) is 11.8 Å². The maximum Gasteiger partial charge on any atom is 0.237 e. The average molecular weight is 413 g/mol. The lowest BCUT2D eigenvalue weighted by atomic mass is 10.1. The van der Waals surface area contributed by atoms with E-state index in [4.69, 9.17) is 9.47 Å². The molecule has 1 N–H and O–H groups in total. The van der Waals surface area contributed by atoms with Crippen LogP contribution in [0.5, 0.6) is 5.88 Å². The summed E-state index contributed by atoms with van der Waals surface area (Å²) in [6.07, 6.45) is 5.27. The smallest absolute Gasteiger partial charge is 0.237 e. The molecule has 0 aliphatic carbocycles. The van der Waals surface area contributed by atoms with E-state index in [1.165, 1.54) is 22.9 Å². The van der Waals surface area contributed by atoms with Crippen LogP contribution in [-0.2, 0) is 9.53 Å². The number of aryl methyl sites for hydroxylation is 1. The predicted molar refractivity (Wildman–Crippen MR) is 114 cm³/mol. The summed E-state index contributed by atoms with van der Waals surface area (Å²) in [6.45, 7) is 4.97. The van der Waals surface area contributed by atoms with Gasteiger partial charge in [-0.1, -0.05) is 23.9 Å². The molecule has 0 unspecified atom stereocenters. The van der Waals surface area contributed by atoms with Crippen LogP contribution in [0.15, 0.2) is 54.1 Å². The van der Waals surface area contributed by atoms with E-state index in [2.05, 4.69) is 35.2 Å². The quantitative estimate of drug-likeness (QED) is 0.427. The second-order valence-electron chi connectivity index (χ2n) is 6.33. The normalized spacial score (nSPS) is 10.7. The molecule has 0 fully saturated rings. The van der Waals surface area contributed by atoms with Crippen LogP contribution in [0.3, 0.4) is 0 Å². The summed E-state index contributed by atoms with van der Waals surface area (Å²) in [7, 11) is 1.60. The predicted octanol–water partition coefficient (Wildman–Crippen LogP) is 3.64. The van der Waals surface area contributed by atoms with Crippen molar-refractivity contribution in [3.63, 3.8) is 0 Å². The molecule has 0 bridgehead atoms. The average Bonchev–Trinajstić information content (AvgIpc) is 3.18. The van der Waals surface area contributed by atoms with Crippen LogP contribution in [0.25, 0.3) is 5.69 Å². The van der Waals surface area contributed by atoms with Gasteiger partial charge < -0.3 is 14.8 Å².